The zero-order valence-electron chi connectivity index (χ0n) is 10.6. The van der Waals surface area contributed by atoms with Crippen molar-refractivity contribution in [2.45, 2.75) is 6.92 Å². The quantitative estimate of drug-likeness (QED) is 0.695. The van der Waals surface area contributed by atoms with E-state index in [4.69, 9.17) is 0 Å². The summed E-state index contributed by atoms with van der Waals surface area (Å²) in [6.07, 6.45) is 6.93. The van der Waals surface area contributed by atoms with Crippen LogP contribution in [-0.2, 0) is 0 Å². The highest BCUT2D eigenvalue weighted by Gasteiger charge is 2.04. The van der Waals surface area contributed by atoms with Crippen LogP contribution in [0.25, 0.3) is 22.5 Å². The molecule has 0 atom stereocenters. The number of hydrogen-bond donors (Lipinski definition) is 0. The molecule has 0 bridgehead atoms. The van der Waals surface area contributed by atoms with Gasteiger partial charge in [0.15, 0.2) is 0 Å². The summed E-state index contributed by atoms with van der Waals surface area (Å²) < 4.78 is 0. The van der Waals surface area contributed by atoms with Gasteiger partial charge in [0.25, 0.3) is 0 Å². The number of hydrogen-bond acceptors (Lipinski definition) is 3. The fourth-order valence-corrected chi connectivity index (χ4v) is 2.01. The van der Waals surface area contributed by atoms with Crippen molar-refractivity contribution in [1.29, 1.82) is 0 Å². The summed E-state index contributed by atoms with van der Waals surface area (Å²) in [5.41, 5.74) is 5.18. The molecule has 0 amide bonds. The van der Waals surface area contributed by atoms with E-state index >= 15 is 0 Å². The van der Waals surface area contributed by atoms with Gasteiger partial charge in [-0.15, -0.1) is 0 Å². The summed E-state index contributed by atoms with van der Waals surface area (Å²) in [7, 11) is 0. The first kappa shape index (κ1) is 11.5. The van der Waals surface area contributed by atoms with Crippen molar-refractivity contribution in [3.8, 4) is 22.5 Å². The average molecular weight is 247 g/mol. The van der Waals surface area contributed by atoms with E-state index in [2.05, 4.69) is 34.0 Å². The minimum absolute atomic E-state index is 0.839. The van der Waals surface area contributed by atoms with Crippen molar-refractivity contribution in [3.63, 3.8) is 0 Å². The van der Waals surface area contributed by atoms with Crippen LogP contribution < -0.4 is 0 Å². The third-order valence-corrected chi connectivity index (χ3v) is 3.04. The van der Waals surface area contributed by atoms with Crippen LogP contribution >= 0.6 is 0 Å². The summed E-state index contributed by atoms with van der Waals surface area (Å²) in [5, 5.41) is 0. The summed E-state index contributed by atoms with van der Waals surface area (Å²) in [4.78, 5) is 12.9. The fraction of sp³-hybridized carbons (Fsp3) is 0.0625. The van der Waals surface area contributed by atoms with Crippen LogP contribution in [-0.4, -0.2) is 15.0 Å². The Labute approximate surface area is 112 Å². The van der Waals surface area contributed by atoms with Crippen LogP contribution in [0.4, 0.5) is 0 Å². The number of rotatable bonds is 2. The van der Waals surface area contributed by atoms with Gasteiger partial charge in [-0.25, -0.2) is 0 Å². The Bertz CT molecular complexity index is 676. The van der Waals surface area contributed by atoms with Crippen molar-refractivity contribution in [2.75, 3.05) is 0 Å². The van der Waals surface area contributed by atoms with Gasteiger partial charge < -0.3 is 0 Å². The minimum Gasteiger partial charge on any atom is -0.261 e. The van der Waals surface area contributed by atoms with Crippen LogP contribution in [0.15, 0.2) is 61.2 Å². The monoisotopic (exact) mass is 247 g/mol. The van der Waals surface area contributed by atoms with E-state index in [9.17, 15) is 0 Å². The zero-order valence-corrected chi connectivity index (χ0v) is 10.6. The van der Waals surface area contributed by atoms with Gasteiger partial charge in [0.1, 0.15) is 0 Å². The lowest BCUT2D eigenvalue weighted by atomic mass is 10.0. The Morgan fingerprint density at radius 3 is 2.37 bits per heavy atom. The maximum Gasteiger partial charge on any atom is 0.0900 e. The first-order valence-electron chi connectivity index (χ1n) is 6.13. The van der Waals surface area contributed by atoms with Gasteiger partial charge >= 0.3 is 0 Å². The SMILES string of the molecule is Cc1ccccc1-c1ccc(-c2cnccn2)cn1. The Morgan fingerprint density at radius 1 is 0.789 bits per heavy atom. The molecule has 0 unspecified atom stereocenters. The van der Waals surface area contributed by atoms with E-state index < -0.39 is 0 Å². The molecule has 0 N–H and O–H groups in total. The molecule has 19 heavy (non-hydrogen) atoms. The van der Waals surface area contributed by atoms with Crippen molar-refractivity contribution in [1.82, 2.24) is 15.0 Å². The predicted molar refractivity (Wildman–Crippen MR) is 75.4 cm³/mol. The molecular formula is C16H13N3. The molecule has 0 saturated heterocycles. The maximum atomic E-state index is 4.52. The molecule has 2 aromatic heterocycles. The molecule has 3 heteroatoms. The molecule has 3 nitrogen and oxygen atoms in total. The van der Waals surface area contributed by atoms with Gasteiger partial charge in [-0.05, 0) is 24.6 Å². The molecule has 2 heterocycles. The molecule has 0 spiro atoms. The number of aromatic nitrogens is 3. The molecule has 0 fully saturated rings. The van der Waals surface area contributed by atoms with Gasteiger partial charge in [0.05, 0.1) is 17.6 Å². The van der Waals surface area contributed by atoms with Crippen LogP contribution in [0.1, 0.15) is 5.56 Å². The smallest absolute Gasteiger partial charge is 0.0900 e. The molecule has 3 rings (SSSR count). The molecule has 0 saturated carbocycles. The van der Waals surface area contributed by atoms with Gasteiger partial charge in [0, 0.05) is 29.7 Å². The second-order valence-corrected chi connectivity index (χ2v) is 4.34. The zero-order chi connectivity index (χ0) is 13.1. The predicted octanol–water partition coefficient (Wildman–Crippen LogP) is 3.51. The van der Waals surface area contributed by atoms with Crippen LogP contribution in [0.5, 0.6) is 0 Å². The highest BCUT2D eigenvalue weighted by molar-refractivity contribution is 5.66. The molecule has 1 aromatic carbocycles. The first-order valence-corrected chi connectivity index (χ1v) is 6.13. The Balaban J connectivity index is 1.98. The lowest BCUT2D eigenvalue weighted by Gasteiger charge is -2.05. The van der Waals surface area contributed by atoms with Crippen molar-refractivity contribution >= 4 is 0 Å². The first-order chi connectivity index (χ1) is 9.34. The fourth-order valence-electron chi connectivity index (χ4n) is 2.01. The largest absolute Gasteiger partial charge is 0.261 e. The van der Waals surface area contributed by atoms with Gasteiger partial charge in [-0.1, -0.05) is 24.3 Å². The minimum atomic E-state index is 0.839. The number of benzene rings is 1. The Hall–Kier alpha value is -2.55. The second-order valence-electron chi connectivity index (χ2n) is 4.34. The van der Waals surface area contributed by atoms with E-state index in [0.29, 0.717) is 0 Å². The standard InChI is InChI=1S/C16H13N3/c1-12-4-2-3-5-14(12)15-7-6-13(10-19-15)16-11-17-8-9-18-16/h2-11H,1H3. The Morgan fingerprint density at radius 2 is 1.68 bits per heavy atom. The van der Waals surface area contributed by atoms with E-state index in [1.54, 1.807) is 18.6 Å². The van der Waals surface area contributed by atoms with Crippen molar-refractivity contribution in [3.05, 3.63) is 66.7 Å². The number of pyridine rings is 1. The summed E-state index contributed by atoms with van der Waals surface area (Å²) >= 11 is 0. The molecule has 92 valence electrons. The van der Waals surface area contributed by atoms with Crippen LogP contribution in [0.3, 0.4) is 0 Å². The molecule has 3 aromatic rings. The average Bonchev–Trinajstić information content (AvgIpc) is 2.49. The van der Waals surface area contributed by atoms with E-state index in [1.807, 2.05) is 30.5 Å². The summed E-state index contributed by atoms with van der Waals surface area (Å²) in [6.45, 7) is 2.09. The number of aryl methyl sites for hydroxylation is 1. The summed E-state index contributed by atoms with van der Waals surface area (Å²) in [5.74, 6) is 0. The molecular weight excluding hydrogens is 234 g/mol. The summed E-state index contributed by atoms with van der Waals surface area (Å²) in [6, 6.07) is 12.3. The second kappa shape index (κ2) is 4.98. The maximum absolute atomic E-state index is 4.52. The third-order valence-electron chi connectivity index (χ3n) is 3.04. The van der Waals surface area contributed by atoms with Crippen molar-refractivity contribution in [2.24, 2.45) is 0 Å². The van der Waals surface area contributed by atoms with Gasteiger partial charge in [-0.2, -0.15) is 0 Å². The van der Waals surface area contributed by atoms with Crippen LogP contribution in [0.2, 0.25) is 0 Å². The molecule has 0 aliphatic carbocycles. The lowest BCUT2D eigenvalue weighted by Crippen LogP contribution is -1.89. The molecule has 0 radical (unpaired) electrons. The molecule has 0 aliphatic heterocycles. The number of nitrogens with zero attached hydrogens (tertiary/aromatic N) is 3. The third kappa shape index (κ3) is 2.36. The van der Waals surface area contributed by atoms with Gasteiger partial charge in [-0.3, -0.25) is 15.0 Å². The van der Waals surface area contributed by atoms with Crippen LogP contribution in [0, 0.1) is 6.92 Å². The van der Waals surface area contributed by atoms with E-state index in [0.717, 1.165) is 22.5 Å². The molecule has 0 aliphatic rings. The lowest BCUT2D eigenvalue weighted by molar-refractivity contribution is 1.19. The highest BCUT2D eigenvalue weighted by atomic mass is 14.8. The highest BCUT2D eigenvalue weighted by Crippen LogP contribution is 2.23. The Kier molecular flexibility index (Phi) is 3.02. The van der Waals surface area contributed by atoms with Gasteiger partial charge in [0.2, 0.25) is 0 Å². The normalized spacial score (nSPS) is 10.4. The van der Waals surface area contributed by atoms with E-state index in [-0.39, 0.29) is 0 Å². The van der Waals surface area contributed by atoms with E-state index in [1.165, 1.54) is 5.56 Å². The topological polar surface area (TPSA) is 38.7 Å². The van der Waals surface area contributed by atoms with Crippen molar-refractivity contribution < 1.29 is 0 Å².